The first-order valence-corrected chi connectivity index (χ1v) is 8.78. The Hall–Kier alpha value is -0.0800. The summed E-state index contributed by atoms with van der Waals surface area (Å²) in [5.41, 5.74) is 6.91. The highest BCUT2D eigenvalue weighted by Gasteiger charge is 2.37. The molecule has 0 spiro atoms. The molecule has 20 heavy (non-hydrogen) atoms. The molecule has 2 heteroatoms. The Morgan fingerprint density at radius 1 is 1.15 bits per heavy atom. The van der Waals surface area contributed by atoms with E-state index in [4.69, 9.17) is 5.73 Å². The lowest BCUT2D eigenvalue weighted by Gasteiger charge is -2.46. The van der Waals surface area contributed by atoms with Crippen molar-refractivity contribution >= 4 is 0 Å². The molecule has 3 atom stereocenters. The highest BCUT2D eigenvalue weighted by atomic mass is 15.2. The summed E-state index contributed by atoms with van der Waals surface area (Å²) in [7, 11) is 0. The van der Waals surface area contributed by atoms with E-state index in [-0.39, 0.29) is 0 Å². The van der Waals surface area contributed by atoms with Crippen LogP contribution >= 0.6 is 0 Å². The smallest absolute Gasteiger partial charge is 0.0252 e. The van der Waals surface area contributed by atoms with Crippen LogP contribution in [-0.2, 0) is 0 Å². The van der Waals surface area contributed by atoms with Crippen LogP contribution in [0.2, 0.25) is 0 Å². The second kappa shape index (κ2) is 7.79. The van der Waals surface area contributed by atoms with Gasteiger partial charge in [0.2, 0.25) is 0 Å². The highest BCUT2D eigenvalue weighted by molar-refractivity contribution is 4.93. The van der Waals surface area contributed by atoms with E-state index in [9.17, 15) is 0 Å². The summed E-state index contributed by atoms with van der Waals surface area (Å²) >= 11 is 0. The Bertz CT molecular complexity index is 267. The van der Waals surface area contributed by atoms with Crippen LogP contribution in [0.25, 0.3) is 0 Å². The molecule has 0 aromatic rings. The highest BCUT2D eigenvalue weighted by Crippen LogP contribution is 2.39. The lowest BCUT2D eigenvalue weighted by Crippen LogP contribution is -2.55. The fraction of sp³-hybridized carbons (Fsp3) is 1.00. The third-order valence-electron chi connectivity index (χ3n) is 5.20. The molecule has 0 aromatic heterocycles. The molecule has 0 bridgehead atoms. The molecule has 120 valence electrons. The third-order valence-corrected chi connectivity index (χ3v) is 5.20. The minimum atomic E-state index is 0.373. The fourth-order valence-corrected chi connectivity index (χ4v) is 3.69. The molecule has 0 heterocycles. The summed E-state index contributed by atoms with van der Waals surface area (Å²) in [6.45, 7) is 15.3. The van der Waals surface area contributed by atoms with Crippen molar-refractivity contribution < 1.29 is 0 Å². The largest absolute Gasteiger partial charge is 0.326 e. The van der Waals surface area contributed by atoms with Crippen molar-refractivity contribution in [2.75, 3.05) is 6.54 Å². The number of nitrogens with zero attached hydrogens (tertiary/aromatic N) is 1. The summed E-state index contributed by atoms with van der Waals surface area (Å²) in [6.07, 6.45) is 7.75. The van der Waals surface area contributed by atoms with Gasteiger partial charge in [-0.15, -0.1) is 0 Å². The zero-order valence-electron chi connectivity index (χ0n) is 14.8. The topological polar surface area (TPSA) is 29.3 Å². The molecule has 1 fully saturated rings. The van der Waals surface area contributed by atoms with Crippen LogP contribution in [0.3, 0.4) is 0 Å². The minimum absolute atomic E-state index is 0.373. The molecule has 1 saturated carbocycles. The van der Waals surface area contributed by atoms with Gasteiger partial charge in [-0.1, -0.05) is 40.5 Å². The predicted molar refractivity (Wildman–Crippen MR) is 89.9 cm³/mol. The summed E-state index contributed by atoms with van der Waals surface area (Å²) in [4.78, 5) is 2.69. The van der Waals surface area contributed by atoms with Gasteiger partial charge in [-0.25, -0.2) is 0 Å². The van der Waals surface area contributed by atoms with E-state index < -0.39 is 0 Å². The molecule has 0 saturated heterocycles. The summed E-state index contributed by atoms with van der Waals surface area (Å²) in [6, 6.07) is 1.57. The molecular formula is C18H38N2. The van der Waals surface area contributed by atoms with Crippen LogP contribution in [0.1, 0.15) is 80.1 Å². The first kappa shape index (κ1) is 18.0. The molecule has 1 aliphatic carbocycles. The number of hydrogen-bond donors (Lipinski definition) is 1. The first-order chi connectivity index (χ1) is 9.27. The van der Waals surface area contributed by atoms with E-state index >= 15 is 0 Å². The van der Waals surface area contributed by atoms with E-state index in [1.165, 1.54) is 45.1 Å². The standard InChI is InChI=1S/C18H38N2/c1-7-8-9-12-20(14(2)3)17-13-15(18(4,5)6)10-11-16(17)19/h14-17H,7-13,19H2,1-6H3. The molecule has 1 rings (SSSR count). The summed E-state index contributed by atoms with van der Waals surface area (Å²) in [5.74, 6) is 0.819. The number of nitrogens with two attached hydrogens (primary N) is 1. The quantitative estimate of drug-likeness (QED) is 0.730. The lowest BCUT2D eigenvalue weighted by atomic mass is 9.69. The van der Waals surface area contributed by atoms with Crippen molar-refractivity contribution in [3.05, 3.63) is 0 Å². The van der Waals surface area contributed by atoms with Crippen LogP contribution in [0.4, 0.5) is 0 Å². The number of unbranched alkanes of at least 4 members (excludes halogenated alkanes) is 2. The van der Waals surface area contributed by atoms with E-state index in [1.54, 1.807) is 0 Å². The molecule has 2 nitrogen and oxygen atoms in total. The van der Waals surface area contributed by atoms with Crippen LogP contribution in [-0.4, -0.2) is 29.6 Å². The number of hydrogen-bond acceptors (Lipinski definition) is 2. The second-order valence-corrected chi connectivity index (χ2v) is 8.15. The maximum Gasteiger partial charge on any atom is 0.0252 e. The van der Waals surface area contributed by atoms with Crippen molar-refractivity contribution in [1.29, 1.82) is 0 Å². The normalized spacial score (nSPS) is 28.4. The van der Waals surface area contributed by atoms with Crippen molar-refractivity contribution in [3.8, 4) is 0 Å². The van der Waals surface area contributed by atoms with Crippen LogP contribution < -0.4 is 5.73 Å². The van der Waals surface area contributed by atoms with E-state index in [2.05, 4.69) is 46.4 Å². The Morgan fingerprint density at radius 2 is 1.80 bits per heavy atom. The molecule has 0 radical (unpaired) electrons. The lowest BCUT2D eigenvalue weighted by molar-refractivity contribution is 0.0498. The second-order valence-electron chi connectivity index (χ2n) is 8.15. The van der Waals surface area contributed by atoms with Gasteiger partial charge in [-0.2, -0.15) is 0 Å². The zero-order valence-corrected chi connectivity index (χ0v) is 14.8. The van der Waals surface area contributed by atoms with Gasteiger partial charge in [0, 0.05) is 18.1 Å². The van der Waals surface area contributed by atoms with Crippen molar-refractivity contribution in [2.45, 2.75) is 98.2 Å². The van der Waals surface area contributed by atoms with Crippen molar-refractivity contribution in [1.82, 2.24) is 4.90 Å². The van der Waals surface area contributed by atoms with Gasteiger partial charge in [0.05, 0.1) is 0 Å². The zero-order chi connectivity index (χ0) is 15.3. The number of rotatable bonds is 6. The third kappa shape index (κ3) is 5.04. The van der Waals surface area contributed by atoms with Crippen molar-refractivity contribution in [3.63, 3.8) is 0 Å². The molecule has 0 aromatic carbocycles. The van der Waals surface area contributed by atoms with E-state index in [1.807, 2.05) is 0 Å². The fourth-order valence-electron chi connectivity index (χ4n) is 3.69. The Balaban J connectivity index is 2.71. The molecule has 0 amide bonds. The van der Waals surface area contributed by atoms with Crippen LogP contribution in [0.5, 0.6) is 0 Å². The van der Waals surface area contributed by atoms with E-state index in [0.29, 0.717) is 23.5 Å². The van der Waals surface area contributed by atoms with E-state index in [0.717, 1.165) is 5.92 Å². The Kier molecular flexibility index (Phi) is 7.00. The SMILES string of the molecule is CCCCCN(C(C)C)C1CC(C(C)(C)C)CCC1N. The van der Waals surface area contributed by atoms with Gasteiger partial charge in [0.25, 0.3) is 0 Å². The van der Waals surface area contributed by atoms with Crippen molar-refractivity contribution in [2.24, 2.45) is 17.1 Å². The average Bonchev–Trinajstić information content (AvgIpc) is 2.34. The van der Waals surface area contributed by atoms with Gasteiger partial charge < -0.3 is 5.73 Å². The Labute approximate surface area is 127 Å². The van der Waals surface area contributed by atoms with Gasteiger partial charge in [0.1, 0.15) is 0 Å². The predicted octanol–water partition coefficient (Wildman–Crippen LogP) is 4.43. The Morgan fingerprint density at radius 3 is 2.30 bits per heavy atom. The molecule has 3 unspecified atom stereocenters. The van der Waals surface area contributed by atoms with Crippen LogP contribution in [0, 0.1) is 11.3 Å². The summed E-state index contributed by atoms with van der Waals surface area (Å²) < 4.78 is 0. The molecular weight excluding hydrogens is 244 g/mol. The maximum absolute atomic E-state index is 6.49. The monoisotopic (exact) mass is 282 g/mol. The van der Waals surface area contributed by atoms with Gasteiger partial charge in [0.15, 0.2) is 0 Å². The van der Waals surface area contributed by atoms with Gasteiger partial charge >= 0.3 is 0 Å². The van der Waals surface area contributed by atoms with Gasteiger partial charge in [-0.05, 0) is 57.4 Å². The average molecular weight is 283 g/mol. The summed E-state index contributed by atoms with van der Waals surface area (Å²) in [5, 5.41) is 0. The van der Waals surface area contributed by atoms with Gasteiger partial charge in [-0.3, -0.25) is 4.90 Å². The van der Waals surface area contributed by atoms with Crippen LogP contribution in [0.15, 0.2) is 0 Å². The first-order valence-electron chi connectivity index (χ1n) is 8.78. The maximum atomic E-state index is 6.49. The molecule has 2 N–H and O–H groups in total. The minimum Gasteiger partial charge on any atom is -0.326 e. The molecule has 1 aliphatic rings. The molecule has 0 aliphatic heterocycles.